The van der Waals surface area contributed by atoms with E-state index in [4.69, 9.17) is 17.2 Å². The number of nitrogens with two attached hydrogens (primary N) is 3. The average Bonchev–Trinajstić information content (AvgIpc) is 3.83. The number of hydrogen-bond acceptors (Lipinski definition) is 15. The maximum Gasteiger partial charge on any atom is 0.326 e. The topological polar surface area (TPSA) is 442 Å². The van der Waals surface area contributed by atoms with E-state index in [9.17, 15) is 68.4 Å². The van der Waals surface area contributed by atoms with Crippen LogP contribution >= 0.6 is 0 Å². The van der Waals surface area contributed by atoms with E-state index in [-0.39, 0.29) is 37.2 Å². The van der Waals surface area contributed by atoms with Crippen LogP contribution in [-0.2, 0) is 67.2 Å². The van der Waals surface area contributed by atoms with Crippen LogP contribution in [0, 0.1) is 5.92 Å². The Kier molecular flexibility index (Phi) is 24.6. The first-order valence-corrected chi connectivity index (χ1v) is 25.6. The zero-order chi connectivity index (χ0) is 58.3. The van der Waals surface area contributed by atoms with Gasteiger partial charge in [-0.1, -0.05) is 62.7 Å². The molecule has 26 heteroatoms. The second-order valence-electron chi connectivity index (χ2n) is 19.1. The van der Waals surface area contributed by atoms with E-state index in [1.165, 1.54) is 55.5 Å². The molecule has 1 heterocycles. The van der Waals surface area contributed by atoms with Gasteiger partial charge < -0.3 is 85.1 Å². The van der Waals surface area contributed by atoms with Gasteiger partial charge in [0.2, 0.25) is 53.2 Å². The Morgan fingerprint density at radius 2 is 1.14 bits per heavy atom. The number of aromatic nitrogens is 1. The number of aliphatic hydroxyl groups excluding tert-OH is 1. The Balaban J connectivity index is 1.52. The van der Waals surface area contributed by atoms with Crippen LogP contribution in [0.15, 0.2) is 79.0 Å². The molecule has 1 aromatic heterocycles. The van der Waals surface area contributed by atoms with Gasteiger partial charge >= 0.3 is 5.97 Å². The Labute approximate surface area is 455 Å². The van der Waals surface area contributed by atoms with Crippen molar-refractivity contribution in [2.24, 2.45) is 23.1 Å². The predicted molar refractivity (Wildman–Crippen MR) is 287 cm³/mol. The third-order valence-corrected chi connectivity index (χ3v) is 12.9. The van der Waals surface area contributed by atoms with Gasteiger partial charge in [0.15, 0.2) is 0 Å². The lowest BCUT2D eigenvalue weighted by molar-refractivity contribution is -0.143. The molecule has 3 aromatic carbocycles. The summed E-state index contributed by atoms with van der Waals surface area (Å²) in [5.74, 6) is -10.5. The summed E-state index contributed by atoms with van der Waals surface area (Å²) in [4.78, 5) is 135. The minimum absolute atomic E-state index is 0.102. The highest BCUT2D eigenvalue weighted by atomic mass is 16.4. The average molecular weight is 1100 g/mol. The highest BCUT2D eigenvalue weighted by Gasteiger charge is 2.35. The van der Waals surface area contributed by atoms with Crippen molar-refractivity contribution in [3.8, 4) is 11.5 Å². The molecule has 79 heavy (non-hydrogen) atoms. The number of aromatic hydroxyl groups is 2. The lowest BCUT2D eigenvalue weighted by atomic mass is 9.96. The highest BCUT2D eigenvalue weighted by molar-refractivity contribution is 5.98. The number of phenolic OH excluding ortho intramolecular Hbond substituents is 2. The number of benzene rings is 3. The maximum atomic E-state index is 14.4. The summed E-state index contributed by atoms with van der Waals surface area (Å²) in [6.07, 6.45) is 2.13. The zero-order valence-corrected chi connectivity index (χ0v) is 44.1. The second-order valence-corrected chi connectivity index (χ2v) is 19.1. The number of H-pyrrole nitrogens is 1. The third-order valence-electron chi connectivity index (χ3n) is 12.9. The van der Waals surface area contributed by atoms with Gasteiger partial charge in [0, 0.05) is 29.9 Å². The quantitative estimate of drug-likeness (QED) is 0.0227. The van der Waals surface area contributed by atoms with Gasteiger partial charge in [0.25, 0.3) is 0 Å². The van der Waals surface area contributed by atoms with Crippen molar-refractivity contribution in [1.82, 2.24) is 47.5 Å². The van der Waals surface area contributed by atoms with Gasteiger partial charge in [0.05, 0.1) is 25.6 Å². The number of carbonyl (C=O) groups excluding carboxylic acids is 9. The van der Waals surface area contributed by atoms with Crippen molar-refractivity contribution < 1.29 is 68.4 Å². The molecule has 26 nitrogen and oxygen atoms in total. The van der Waals surface area contributed by atoms with Crippen molar-refractivity contribution in [3.05, 3.63) is 95.7 Å². The number of unbranched alkanes of at least 4 members (excludes halogenated alkanes) is 1. The SMILES string of the molecule is CC[C@H](C)[C@H](NC(=O)[C@H](CCCCN)NC(=O)[C@@H](N)Cc1c[nH]c2ccccc12)C(=O)N[C@@H](Cc1ccc(O)cc1)C(=O)N[C@@H](CO)C(=O)N[C@@H](Cc1ccc(O)cc1)C(=O)N[C@@H](C)C(=O)NCC(=O)N[C@@H](CC(N)=O)C(=O)O. The zero-order valence-electron chi connectivity index (χ0n) is 44.1. The monoisotopic (exact) mass is 1100 g/mol. The molecule has 0 fully saturated rings. The van der Waals surface area contributed by atoms with Crippen molar-refractivity contribution in [1.29, 1.82) is 0 Å². The highest BCUT2D eigenvalue weighted by Crippen LogP contribution is 2.20. The lowest BCUT2D eigenvalue weighted by Crippen LogP contribution is -2.61. The smallest absolute Gasteiger partial charge is 0.326 e. The number of aliphatic hydroxyl groups is 1. The number of aromatic amines is 1. The van der Waals surface area contributed by atoms with Crippen LogP contribution in [0.3, 0.4) is 0 Å². The van der Waals surface area contributed by atoms with E-state index in [1.807, 2.05) is 29.6 Å². The number of aliphatic carboxylic acids is 1. The number of carbonyl (C=O) groups is 10. The van der Waals surface area contributed by atoms with Gasteiger partial charge in [-0.3, -0.25) is 43.2 Å². The van der Waals surface area contributed by atoms with Gasteiger partial charge in [0.1, 0.15) is 53.8 Å². The Bertz CT molecular complexity index is 2760. The van der Waals surface area contributed by atoms with Crippen LogP contribution in [-0.4, -0.2) is 153 Å². The molecule has 0 aliphatic carbocycles. The predicted octanol–water partition coefficient (Wildman–Crippen LogP) is -2.41. The normalized spacial score (nSPS) is 14.5. The van der Waals surface area contributed by atoms with E-state index in [2.05, 4.69) is 42.2 Å². The molecule has 0 spiro atoms. The standard InChI is InChI=1S/C53H72N12O14/c1-4-28(2)45(65-48(73)38(11-7-8-20-54)61-47(72)36(55)23-32-25-57-37-10-6-5-9-35(32)37)52(77)63-40(22-31-14-18-34(68)19-15-31)50(75)64-42(27-66)51(76)62-39(21-30-12-16-33(67)17-13-30)49(74)59-29(3)46(71)58-26-44(70)60-41(53(78)79)24-43(56)69/h5-6,9-10,12-19,25,28-29,36,38-42,45,57,66-68H,4,7-8,11,20-24,26-27,54-55H2,1-3H3,(H2,56,69)(H,58,71)(H,59,74)(H,60,70)(H,61,72)(H,62,76)(H,63,77)(H,64,75)(H,65,73)(H,78,79)/t28-,29-,36-,38-,39-,40-,41-,42-,45-/m0/s1. The molecule has 0 radical (unpaired) electrons. The molecule has 0 saturated carbocycles. The summed E-state index contributed by atoms with van der Waals surface area (Å²) in [7, 11) is 0. The first kappa shape index (κ1) is 62.9. The molecule has 428 valence electrons. The number of nitrogens with one attached hydrogen (secondary N) is 9. The number of fused-ring (bicyclic) bond motifs is 1. The molecule has 4 rings (SSSR count). The lowest BCUT2D eigenvalue weighted by Gasteiger charge is -2.29. The molecule has 0 bridgehead atoms. The van der Waals surface area contributed by atoms with Crippen molar-refractivity contribution in [2.45, 2.75) is 120 Å². The number of carboxylic acids is 1. The van der Waals surface area contributed by atoms with Crippen LogP contribution in [0.4, 0.5) is 0 Å². The second kappa shape index (κ2) is 31.0. The number of hydrogen-bond donors (Lipinski definition) is 16. The minimum Gasteiger partial charge on any atom is -0.508 e. The molecule has 9 atom stereocenters. The molecule has 19 N–H and O–H groups in total. The van der Waals surface area contributed by atoms with Gasteiger partial charge in [-0.05, 0) is 92.1 Å². The first-order valence-electron chi connectivity index (χ1n) is 25.6. The van der Waals surface area contributed by atoms with E-state index in [0.29, 0.717) is 36.9 Å². The van der Waals surface area contributed by atoms with Crippen LogP contribution in [0.25, 0.3) is 10.9 Å². The van der Waals surface area contributed by atoms with Crippen LogP contribution in [0.2, 0.25) is 0 Å². The Morgan fingerprint density at radius 1 is 0.608 bits per heavy atom. The molecule has 4 aromatic rings. The summed E-state index contributed by atoms with van der Waals surface area (Å²) in [6, 6.07) is 7.27. The first-order chi connectivity index (χ1) is 37.5. The fourth-order valence-corrected chi connectivity index (χ4v) is 8.13. The minimum atomic E-state index is -1.78. The van der Waals surface area contributed by atoms with E-state index >= 15 is 0 Å². The molecule has 9 amide bonds. The van der Waals surface area contributed by atoms with Crippen LogP contribution in [0.1, 0.15) is 69.6 Å². The number of rotatable bonds is 32. The molecule has 0 saturated heterocycles. The summed E-state index contributed by atoms with van der Waals surface area (Å²) < 4.78 is 0. The summed E-state index contributed by atoms with van der Waals surface area (Å²) in [5.41, 5.74) is 19.6. The van der Waals surface area contributed by atoms with Crippen molar-refractivity contribution >= 4 is 70.0 Å². The van der Waals surface area contributed by atoms with Crippen LogP contribution in [0.5, 0.6) is 11.5 Å². The maximum absolute atomic E-state index is 14.4. The number of phenols is 2. The number of carboxylic acid groups (broad SMARTS) is 1. The Hall–Kier alpha value is -8.62. The van der Waals surface area contributed by atoms with Gasteiger partial charge in [-0.15, -0.1) is 0 Å². The number of para-hydroxylation sites is 1. The molecular formula is C53H72N12O14. The van der Waals surface area contributed by atoms with E-state index in [0.717, 1.165) is 16.5 Å². The fraction of sp³-hybridized carbons (Fsp3) is 0.434. The summed E-state index contributed by atoms with van der Waals surface area (Å²) in [5, 5.41) is 60.2. The van der Waals surface area contributed by atoms with Crippen molar-refractivity contribution in [3.63, 3.8) is 0 Å². The van der Waals surface area contributed by atoms with E-state index < -0.39 is 133 Å². The van der Waals surface area contributed by atoms with E-state index in [1.54, 1.807) is 20.0 Å². The molecule has 0 aliphatic heterocycles. The largest absolute Gasteiger partial charge is 0.508 e. The summed E-state index contributed by atoms with van der Waals surface area (Å²) >= 11 is 0. The Morgan fingerprint density at radius 3 is 1.70 bits per heavy atom. The molecule has 0 unspecified atom stereocenters. The third kappa shape index (κ3) is 20.0. The number of primary amides is 1. The van der Waals surface area contributed by atoms with Gasteiger partial charge in [-0.25, -0.2) is 4.79 Å². The van der Waals surface area contributed by atoms with Gasteiger partial charge in [-0.2, -0.15) is 0 Å². The fourth-order valence-electron chi connectivity index (χ4n) is 8.13. The molecular weight excluding hydrogens is 1030 g/mol. The summed E-state index contributed by atoms with van der Waals surface area (Å²) in [6.45, 7) is 3.20. The molecule has 0 aliphatic rings. The van der Waals surface area contributed by atoms with Crippen molar-refractivity contribution in [2.75, 3.05) is 19.7 Å². The van der Waals surface area contributed by atoms with Crippen LogP contribution < -0.4 is 59.7 Å². The number of amides is 9.